The number of anilines is 1. The molecule has 2 amide bonds. The summed E-state index contributed by atoms with van der Waals surface area (Å²) in [7, 11) is 0. The SMILES string of the molecule is CC(=O)c1cn(CC(=O)N2CC[C@](F)(C(=O)Nc3cccc(Cl)n3)C2)c2ccc(-c3cnc4ccnn4c3)cc12. The van der Waals surface area contributed by atoms with Crippen molar-refractivity contribution in [2.45, 2.75) is 25.6 Å². The van der Waals surface area contributed by atoms with Gasteiger partial charge >= 0.3 is 0 Å². The van der Waals surface area contributed by atoms with E-state index < -0.39 is 11.6 Å². The van der Waals surface area contributed by atoms with Gasteiger partial charge in [-0.25, -0.2) is 18.9 Å². The van der Waals surface area contributed by atoms with E-state index in [1.165, 1.54) is 17.9 Å². The molecule has 0 unspecified atom stereocenters. The molecule has 12 heteroatoms. The molecule has 0 aliphatic carbocycles. The maximum Gasteiger partial charge on any atom is 0.265 e. The van der Waals surface area contributed by atoms with Gasteiger partial charge in [-0.05, 0) is 36.8 Å². The van der Waals surface area contributed by atoms with Gasteiger partial charge in [0.2, 0.25) is 11.6 Å². The largest absolute Gasteiger partial charge is 0.337 e. The average molecular weight is 560 g/mol. The summed E-state index contributed by atoms with van der Waals surface area (Å²) in [4.78, 5) is 48.1. The molecule has 1 aromatic carbocycles. The molecular formula is C28H23ClFN7O3. The Hall–Kier alpha value is -4.64. The van der Waals surface area contributed by atoms with Crippen molar-refractivity contribution < 1.29 is 18.8 Å². The summed E-state index contributed by atoms with van der Waals surface area (Å²) in [6.07, 6.45) is 6.75. The number of carbonyl (C=O) groups is 3. The summed E-state index contributed by atoms with van der Waals surface area (Å²) < 4.78 is 18.9. The summed E-state index contributed by atoms with van der Waals surface area (Å²) in [6, 6.07) is 12.0. The monoisotopic (exact) mass is 559 g/mol. The first kappa shape index (κ1) is 25.6. The number of Topliss-reactive ketones (excluding diaryl/α,β-unsaturated/α-hetero) is 1. The van der Waals surface area contributed by atoms with Crippen LogP contribution >= 0.6 is 11.6 Å². The Morgan fingerprint density at radius 3 is 2.77 bits per heavy atom. The third kappa shape index (κ3) is 4.68. The van der Waals surface area contributed by atoms with Crippen molar-refractivity contribution in [3.05, 3.63) is 78.0 Å². The van der Waals surface area contributed by atoms with Gasteiger partial charge in [0.25, 0.3) is 5.91 Å². The van der Waals surface area contributed by atoms with E-state index >= 15 is 4.39 Å². The Morgan fingerprint density at radius 2 is 1.98 bits per heavy atom. The van der Waals surface area contributed by atoms with E-state index in [1.807, 2.05) is 24.4 Å². The lowest BCUT2D eigenvalue weighted by Gasteiger charge is -2.20. The number of ketones is 1. The van der Waals surface area contributed by atoms with Gasteiger partial charge in [0, 0.05) is 59.7 Å². The number of amides is 2. The smallest absolute Gasteiger partial charge is 0.265 e. The molecule has 1 N–H and O–H groups in total. The second kappa shape index (κ2) is 9.83. The van der Waals surface area contributed by atoms with Crippen LogP contribution in [0.25, 0.3) is 27.7 Å². The van der Waals surface area contributed by atoms with Gasteiger partial charge in [-0.2, -0.15) is 5.10 Å². The first-order valence-corrected chi connectivity index (χ1v) is 12.9. The zero-order chi connectivity index (χ0) is 28.0. The zero-order valence-electron chi connectivity index (χ0n) is 21.3. The topological polar surface area (TPSA) is 114 Å². The Morgan fingerprint density at radius 1 is 1.12 bits per heavy atom. The average Bonchev–Trinajstić information content (AvgIpc) is 3.66. The normalized spacial score (nSPS) is 17.0. The zero-order valence-corrected chi connectivity index (χ0v) is 22.1. The lowest BCUT2D eigenvalue weighted by Crippen LogP contribution is -2.43. The Kier molecular flexibility index (Phi) is 6.30. The minimum absolute atomic E-state index is 0.0809. The van der Waals surface area contributed by atoms with Crippen LogP contribution in [0.1, 0.15) is 23.7 Å². The van der Waals surface area contributed by atoms with Crippen LogP contribution in [-0.4, -0.2) is 65.4 Å². The molecule has 0 bridgehead atoms. The number of nitrogens with one attached hydrogen (secondary N) is 1. The first-order valence-electron chi connectivity index (χ1n) is 12.5. The molecule has 4 aromatic heterocycles. The highest BCUT2D eigenvalue weighted by atomic mass is 35.5. The van der Waals surface area contributed by atoms with Crippen molar-refractivity contribution in [3.63, 3.8) is 0 Å². The van der Waals surface area contributed by atoms with Gasteiger partial charge in [0.15, 0.2) is 11.4 Å². The van der Waals surface area contributed by atoms with Crippen molar-refractivity contribution in [2.75, 3.05) is 18.4 Å². The molecule has 1 fully saturated rings. The van der Waals surface area contributed by atoms with Crippen LogP contribution in [0.2, 0.25) is 5.15 Å². The van der Waals surface area contributed by atoms with Crippen LogP contribution in [0.5, 0.6) is 0 Å². The number of benzene rings is 1. The lowest BCUT2D eigenvalue weighted by atomic mass is 10.0. The van der Waals surface area contributed by atoms with Crippen molar-refractivity contribution >= 4 is 51.6 Å². The van der Waals surface area contributed by atoms with Crippen molar-refractivity contribution in [3.8, 4) is 11.1 Å². The summed E-state index contributed by atoms with van der Waals surface area (Å²) in [5.41, 5.74) is 1.27. The van der Waals surface area contributed by atoms with Crippen LogP contribution in [0.15, 0.2) is 67.3 Å². The molecule has 202 valence electrons. The number of fused-ring (bicyclic) bond motifs is 2. The molecular weight excluding hydrogens is 537 g/mol. The predicted molar refractivity (Wildman–Crippen MR) is 147 cm³/mol. The van der Waals surface area contributed by atoms with E-state index in [4.69, 9.17) is 11.6 Å². The molecule has 1 saturated heterocycles. The minimum atomic E-state index is -2.26. The molecule has 40 heavy (non-hydrogen) atoms. The van der Waals surface area contributed by atoms with Crippen LogP contribution in [0.4, 0.5) is 10.2 Å². The van der Waals surface area contributed by atoms with Crippen LogP contribution in [0.3, 0.4) is 0 Å². The predicted octanol–water partition coefficient (Wildman–Crippen LogP) is 4.18. The van der Waals surface area contributed by atoms with E-state index in [0.717, 1.165) is 16.8 Å². The summed E-state index contributed by atoms with van der Waals surface area (Å²) in [5.74, 6) is -1.26. The summed E-state index contributed by atoms with van der Waals surface area (Å²) in [6.45, 7) is 1.05. The number of aromatic nitrogens is 5. The fraction of sp³-hybridized carbons (Fsp3) is 0.214. The van der Waals surface area contributed by atoms with E-state index in [0.29, 0.717) is 16.5 Å². The second-order valence-electron chi connectivity index (χ2n) is 9.77. The van der Waals surface area contributed by atoms with E-state index in [1.54, 1.807) is 45.9 Å². The molecule has 0 radical (unpaired) electrons. The van der Waals surface area contributed by atoms with Crippen LogP contribution < -0.4 is 5.32 Å². The molecule has 0 saturated carbocycles. The number of halogens is 2. The van der Waals surface area contributed by atoms with E-state index in [-0.39, 0.29) is 48.7 Å². The molecule has 5 aromatic rings. The van der Waals surface area contributed by atoms with Crippen molar-refractivity contribution in [2.24, 2.45) is 0 Å². The third-order valence-corrected chi connectivity index (χ3v) is 7.29. The molecule has 10 nitrogen and oxygen atoms in total. The quantitative estimate of drug-likeness (QED) is 0.246. The standard InChI is InChI=1S/C28H23ClFN7O3/c1-17(38)21-14-36(22-6-5-18(11-20(21)22)19-12-31-25-7-9-32-37(25)13-19)15-26(39)35-10-8-28(30,16-35)27(40)34-24-4-2-3-23(29)33-24/h2-7,9,11-14H,8,10,15-16H2,1H3,(H,33,34,40)/t28-/m1/s1. The molecule has 1 aliphatic heterocycles. The third-order valence-electron chi connectivity index (χ3n) is 7.08. The number of hydrogen-bond acceptors (Lipinski definition) is 6. The summed E-state index contributed by atoms with van der Waals surface area (Å²) >= 11 is 5.84. The fourth-order valence-corrected chi connectivity index (χ4v) is 5.13. The van der Waals surface area contributed by atoms with Crippen LogP contribution in [-0.2, 0) is 16.1 Å². The molecule has 6 rings (SSSR count). The molecule has 1 atom stereocenters. The lowest BCUT2D eigenvalue weighted by molar-refractivity contribution is -0.132. The van der Waals surface area contributed by atoms with Crippen molar-refractivity contribution in [1.82, 2.24) is 29.0 Å². The van der Waals surface area contributed by atoms with Gasteiger partial charge in [0.05, 0.1) is 12.7 Å². The Balaban J connectivity index is 1.22. The maximum absolute atomic E-state index is 15.6. The van der Waals surface area contributed by atoms with Gasteiger partial charge in [-0.3, -0.25) is 14.4 Å². The molecule has 5 heterocycles. The first-order chi connectivity index (χ1) is 19.2. The fourth-order valence-electron chi connectivity index (χ4n) is 4.97. The maximum atomic E-state index is 15.6. The number of pyridine rings is 1. The van der Waals surface area contributed by atoms with Gasteiger partial charge < -0.3 is 14.8 Å². The molecule has 0 spiro atoms. The second-order valence-corrected chi connectivity index (χ2v) is 10.2. The van der Waals surface area contributed by atoms with Gasteiger partial charge in [-0.15, -0.1) is 0 Å². The number of nitrogens with zero attached hydrogens (tertiary/aromatic N) is 6. The number of hydrogen-bond donors (Lipinski definition) is 1. The van der Waals surface area contributed by atoms with E-state index in [2.05, 4.69) is 20.4 Å². The molecule has 1 aliphatic rings. The Labute approximate surface area is 232 Å². The van der Waals surface area contributed by atoms with Gasteiger partial charge in [0.1, 0.15) is 17.5 Å². The number of rotatable bonds is 6. The highest BCUT2D eigenvalue weighted by molar-refractivity contribution is 6.29. The highest BCUT2D eigenvalue weighted by Crippen LogP contribution is 2.30. The highest BCUT2D eigenvalue weighted by Gasteiger charge is 2.46. The number of carbonyl (C=O) groups excluding carboxylic acids is 3. The number of alkyl halides is 1. The minimum Gasteiger partial charge on any atom is -0.337 e. The Bertz CT molecular complexity index is 1820. The van der Waals surface area contributed by atoms with Crippen molar-refractivity contribution in [1.29, 1.82) is 0 Å². The number of likely N-dealkylation sites (tertiary alicyclic amines) is 1. The summed E-state index contributed by atoms with van der Waals surface area (Å²) in [5, 5.41) is 7.52. The van der Waals surface area contributed by atoms with Gasteiger partial charge in [-0.1, -0.05) is 23.7 Å². The van der Waals surface area contributed by atoms with E-state index in [9.17, 15) is 14.4 Å². The van der Waals surface area contributed by atoms with Crippen LogP contribution in [0, 0.1) is 0 Å².